The van der Waals surface area contributed by atoms with Crippen molar-refractivity contribution in [2.24, 2.45) is 0 Å². The average molecular weight is 383 g/mol. The fraction of sp³-hybridized carbons (Fsp3) is 0.259. The van der Waals surface area contributed by atoms with E-state index in [-0.39, 0.29) is 6.17 Å². The van der Waals surface area contributed by atoms with Crippen LogP contribution in [0.4, 0.5) is 5.69 Å². The highest BCUT2D eigenvalue weighted by atomic mass is 15.3. The third kappa shape index (κ3) is 3.80. The second kappa shape index (κ2) is 8.16. The second-order valence-corrected chi connectivity index (χ2v) is 8.37. The van der Waals surface area contributed by atoms with Gasteiger partial charge in [0.1, 0.15) is 6.17 Å². The first-order valence-electron chi connectivity index (χ1n) is 10.6. The van der Waals surface area contributed by atoms with Crippen LogP contribution in [-0.4, -0.2) is 0 Å². The Balaban J connectivity index is 1.71. The lowest BCUT2D eigenvalue weighted by Crippen LogP contribution is -2.28. The molecule has 2 heteroatoms. The number of nitrogens with zero attached hydrogens (tertiary/aromatic N) is 1. The maximum Gasteiger partial charge on any atom is 0.129 e. The van der Waals surface area contributed by atoms with E-state index in [1.807, 2.05) is 0 Å². The minimum absolute atomic E-state index is 0.109. The number of hydrogen-bond donors (Lipinski definition) is 1. The second-order valence-electron chi connectivity index (χ2n) is 8.37. The Morgan fingerprint density at radius 3 is 1.86 bits per heavy atom. The Morgan fingerprint density at radius 2 is 1.28 bits per heavy atom. The van der Waals surface area contributed by atoms with Gasteiger partial charge in [0, 0.05) is 18.1 Å². The van der Waals surface area contributed by atoms with Crippen LogP contribution in [0.15, 0.2) is 85.2 Å². The number of benzene rings is 3. The smallest absolute Gasteiger partial charge is 0.129 e. The predicted molar refractivity (Wildman–Crippen MR) is 124 cm³/mol. The molecule has 0 saturated carbocycles. The van der Waals surface area contributed by atoms with E-state index in [9.17, 15) is 0 Å². The zero-order valence-electron chi connectivity index (χ0n) is 17.8. The monoisotopic (exact) mass is 382 g/mol. The molecule has 3 aromatic carbocycles. The van der Waals surface area contributed by atoms with E-state index < -0.39 is 0 Å². The minimum Gasteiger partial charge on any atom is -0.366 e. The molecule has 1 atom stereocenters. The van der Waals surface area contributed by atoms with Gasteiger partial charge in [-0.25, -0.2) is 0 Å². The number of rotatable bonds is 5. The van der Waals surface area contributed by atoms with Crippen molar-refractivity contribution in [2.45, 2.75) is 45.7 Å². The molecular weight excluding hydrogens is 352 g/mol. The summed E-state index contributed by atoms with van der Waals surface area (Å²) in [6.45, 7) is 9.11. The summed E-state index contributed by atoms with van der Waals surface area (Å²) in [5, 5.41) is 3.56. The maximum absolute atomic E-state index is 3.56. The van der Waals surface area contributed by atoms with Gasteiger partial charge in [-0.1, -0.05) is 100 Å². The van der Waals surface area contributed by atoms with Gasteiger partial charge < -0.3 is 10.2 Å². The van der Waals surface area contributed by atoms with Crippen LogP contribution in [0.25, 0.3) is 11.1 Å². The lowest BCUT2D eigenvalue weighted by atomic mass is 9.91. The Hall–Kier alpha value is -3.00. The molecule has 0 aromatic heterocycles. The van der Waals surface area contributed by atoms with E-state index >= 15 is 0 Å². The molecule has 3 aromatic rings. The van der Waals surface area contributed by atoms with Crippen molar-refractivity contribution < 1.29 is 0 Å². The van der Waals surface area contributed by atoms with Gasteiger partial charge in [-0.2, -0.15) is 0 Å². The van der Waals surface area contributed by atoms with Crippen LogP contribution in [-0.2, 0) is 0 Å². The summed E-state index contributed by atoms with van der Waals surface area (Å²) >= 11 is 0. The molecule has 1 aliphatic rings. The van der Waals surface area contributed by atoms with Crippen molar-refractivity contribution in [2.75, 3.05) is 4.90 Å². The summed E-state index contributed by atoms with van der Waals surface area (Å²) in [6, 6.07) is 26.2. The quantitative estimate of drug-likeness (QED) is 0.503. The Kier molecular flexibility index (Phi) is 5.44. The minimum atomic E-state index is 0.109. The molecule has 0 bridgehead atoms. The zero-order valence-corrected chi connectivity index (χ0v) is 17.8. The summed E-state index contributed by atoms with van der Waals surface area (Å²) in [4.78, 5) is 2.40. The molecule has 1 N–H and O–H groups in total. The summed E-state index contributed by atoms with van der Waals surface area (Å²) in [5.41, 5.74) is 7.91. The summed E-state index contributed by atoms with van der Waals surface area (Å²) in [6.07, 6.45) is 4.36. The Bertz CT molecular complexity index is 959. The standard InChI is InChI=1S/C27H30N2/c1-19(2)24-11-8-12-25(20(3)4)26(24)29-18-17-28-27(29)23-15-13-22(14-16-23)21-9-6-5-7-10-21/h5-20,27-28H,1-4H3. The number of para-hydroxylation sites is 1. The van der Waals surface area contributed by atoms with E-state index in [1.54, 1.807) is 0 Å². The molecule has 0 fully saturated rings. The molecular formula is C27H30N2. The van der Waals surface area contributed by atoms with Crippen molar-refractivity contribution in [1.82, 2.24) is 5.32 Å². The van der Waals surface area contributed by atoms with Crippen LogP contribution in [0.3, 0.4) is 0 Å². The van der Waals surface area contributed by atoms with Gasteiger partial charge in [-0.05, 0) is 39.7 Å². The first kappa shape index (κ1) is 19.3. The Labute approximate surface area is 174 Å². The predicted octanol–water partition coefficient (Wildman–Crippen LogP) is 7.18. The normalized spacial score (nSPS) is 15.9. The highest BCUT2D eigenvalue weighted by Crippen LogP contribution is 2.40. The molecule has 0 saturated heterocycles. The molecule has 1 aliphatic heterocycles. The van der Waals surface area contributed by atoms with Gasteiger partial charge in [-0.3, -0.25) is 0 Å². The molecule has 0 radical (unpaired) electrons. The van der Waals surface area contributed by atoms with Crippen LogP contribution < -0.4 is 10.2 Å². The van der Waals surface area contributed by atoms with E-state index in [4.69, 9.17) is 0 Å². The number of hydrogen-bond acceptors (Lipinski definition) is 2. The van der Waals surface area contributed by atoms with Crippen molar-refractivity contribution >= 4 is 5.69 Å². The fourth-order valence-corrected chi connectivity index (χ4v) is 4.14. The summed E-state index contributed by atoms with van der Waals surface area (Å²) in [7, 11) is 0. The zero-order chi connectivity index (χ0) is 20.4. The molecule has 0 spiro atoms. The Morgan fingerprint density at radius 1 is 0.690 bits per heavy atom. The lowest BCUT2D eigenvalue weighted by molar-refractivity contribution is 0.657. The van der Waals surface area contributed by atoms with Crippen molar-refractivity contribution in [3.8, 4) is 11.1 Å². The van der Waals surface area contributed by atoms with E-state index in [0.717, 1.165) is 0 Å². The van der Waals surface area contributed by atoms with Gasteiger partial charge in [0.05, 0.1) is 0 Å². The molecule has 148 valence electrons. The van der Waals surface area contributed by atoms with E-state index in [0.29, 0.717) is 11.8 Å². The molecule has 0 amide bonds. The third-order valence-electron chi connectivity index (χ3n) is 5.70. The molecule has 1 unspecified atom stereocenters. The summed E-state index contributed by atoms with van der Waals surface area (Å²) in [5.74, 6) is 0.942. The first-order chi connectivity index (χ1) is 14.1. The van der Waals surface area contributed by atoms with Crippen LogP contribution in [0, 0.1) is 0 Å². The molecule has 1 heterocycles. The highest BCUT2D eigenvalue weighted by molar-refractivity contribution is 5.67. The van der Waals surface area contributed by atoms with Gasteiger partial charge in [0.15, 0.2) is 0 Å². The molecule has 29 heavy (non-hydrogen) atoms. The largest absolute Gasteiger partial charge is 0.366 e. The maximum atomic E-state index is 3.56. The molecule has 2 nitrogen and oxygen atoms in total. The fourth-order valence-electron chi connectivity index (χ4n) is 4.14. The third-order valence-corrected chi connectivity index (χ3v) is 5.70. The van der Waals surface area contributed by atoms with Gasteiger partial charge in [0.2, 0.25) is 0 Å². The highest BCUT2D eigenvalue weighted by Gasteiger charge is 2.27. The molecule has 0 aliphatic carbocycles. The van der Waals surface area contributed by atoms with Crippen LogP contribution in [0.2, 0.25) is 0 Å². The van der Waals surface area contributed by atoms with E-state index in [2.05, 4.69) is 123 Å². The van der Waals surface area contributed by atoms with Gasteiger partial charge in [-0.15, -0.1) is 0 Å². The average Bonchev–Trinajstić information content (AvgIpc) is 3.23. The van der Waals surface area contributed by atoms with Gasteiger partial charge >= 0.3 is 0 Å². The number of anilines is 1. The first-order valence-corrected chi connectivity index (χ1v) is 10.6. The SMILES string of the molecule is CC(C)c1cccc(C(C)C)c1N1C=CNC1c1ccc(-c2ccccc2)cc1. The van der Waals surface area contributed by atoms with Crippen molar-refractivity contribution in [3.05, 3.63) is 102 Å². The lowest BCUT2D eigenvalue weighted by Gasteiger charge is -2.32. The van der Waals surface area contributed by atoms with Crippen molar-refractivity contribution in [3.63, 3.8) is 0 Å². The van der Waals surface area contributed by atoms with Crippen LogP contribution in [0.1, 0.15) is 62.4 Å². The van der Waals surface area contributed by atoms with Crippen LogP contribution >= 0.6 is 0 Å². The molecule has 4 rings (SSSR count). The number of nitrogens with one attached hydrogen (secondary N) is 1. The summed E-state index contributed by atoms with van der Waals surface area (Å²) < 4.78 is 0. The van der Waals surface area contributed by atoms with Crippen molar-refractivity contribution in [1.29, 1.82) is 0 Å². The van der Waals surface area contributed by atoms with Crippen LogP contribution in [0.5, 0.6) is 0 Å². The topological polar surface area (TPSA) is 15.3 Å². The van der Waals surface area contributed by atoms with E-state index in [1.165, 1.54) is 33.5 Å². The van der Waals surface area contributed by atoms with Gasteiger partial charge in [0.25, 0.3) is 0 Å².